The van der Waals surface area contributed by atoms with Gasteiger partial charge in [-0.3, -0.25) is 4.79 Å². The Morgan fingerprint density at radius 2 is 2.00 bits per heavy atom. The van der Waals surface area contributed by atoms with Crippen LogP contribution in [0.15, 0.2) is 24.3 Å². The molecule has 1 aromatic rings. The second kappa shape index (κ2) is 5.54. The van der Waals surface area contributed by atoms with E-state index in [1.807, 2.05) is 24.3 Å². The number of amides is 1. The molecule has 2 nitrogen and oxygen atoms in total. The summed E-state index contributed by atoms with van der Waals surface area (Å²) in [5.74, 6) is 0.439. The first-order valence-corrected chi connectivity index (χ1v) is 6.61. The summed E-state index contributed by atoms with van der Waals surface area (Å²) in [6, 6.07) is 8.14. The number of carbonyl (C=O) groups is 1. The van der Waals surface area contributed by atoms with E-state index in [2.05, 4.69) is 12.2 Å². The van der Waals surface area contributed by atoms with E-state index in [0.29, 0.717) is 0 Å². The Balaban J connectivity index is 1.92. The van der Waals surface area contributed by atoms with Crippen LogP contribution >= 0.6 is 11.6 Å². The maximum absolute atomic E-state index is 11.7. The van der Waals surface area contributed by atoms with Crippen molar-refractivity contribution in [1.82, 2.24) is 5.32 Å². The first-order valence-electron chi connectivity index (χ1n) is 6.24. The van der Waals surface area contributed by atoms with Gasteiger partial charge in [0, 0.05) is 17.0 Å². The standard InChI is InChI=1S/C14H18ClNO/c1-2-11-5-8-13(16-14(11)17)9-10-3-6-12(15)7-4-10/h3-4,6-7,11,13H,2,5,8-9H2,1H3,(H,16,17)/t11-,13-/m1/s1. The zero-order valence-electron chi connectivity index (χ0n) is 10.1. The number of rotatable bonds is 3. The number of carbonyl (C=O) groups excluding carboxylic acids is 1. The fourth-order valence-electron chi connectivity index (χ4n) is 2.37. The summed E-state index contributed by atoms with van der Waals surface area (Å²) < 4.78 is 0. The maximum atomic E-state index is 11.7. The molecular formula is C14H18ClNO. The van der Waals surface area contributed by atoms with E-state index in [1.54, 1.807) is 0 Å². The van der Waals surface area contributed by atoms with E-state index in [1.165, 1.54) is 5.56 Å². The van der Waals surface area contributed by atoms with Gasteiger partial charge in [0.25, 0.3) is 0 Å². The fraction of sp³-hybridized carbons (Fsp3) is 0.500. The average molecular weight is 252 g/mol. The second-order valence-corrected chi connectivity index (χ2v) is 5.16. The van der Waals surface area contributed by atoms with Gasteiger partial charge in [0.1, 0.15) is 0 Å². The van der Waals surface area contributed by atoms with Crippen molar-refractivity contribution < 1.29 is 4.79 Å². The van der Waals surface area contributed by atoms with Gasteiger partial charge >= 0.3 is 0 Å². The maximum Gasteiger partial charge on any atom is 0.223 e. The highest BCUT2D eigenvalue weighted by Gasteiger charge is 2.26. The fourth-order valence-corrected chi connectivity index (χ4v) is 2.50. The van der Waals surface area contributed by atoms with Crippen molar-refractivity contribution >= 4 is 17.5 Å². The Hall–Kier alpha value is -1.02. The lowest BCUT2D eigenvalue weighted by atomic mass is 9.89. The molecule has 1 saturated heterocycles. The molecule has 0 unspecified atom stereocenters. The molecule has 17 heavy (non-hydrogen) atoms. The van der Waals surface area contributed by atoms with E-state index >= 15 is 0 Å². The van der Waals surface area contributed by atoms with Crippen molar-refractivity contribution in [3.8, 4) is 0 Å². The van der Waals surface area contributed by atoms with Gasteiger partial charge in [-0.05, 0) is 43.4 Å². The lowest BCUT2D eigenvalue weighted by Gasteiger charge is -2.28. The van der Waals surface area contributed by atoms with Gasteiger partial charge in [0.2, 0.25) is 5.91 Å². The topological polar surface area (TPSA) is 29.1 Å². The van der Waals surface area contributed by atoms with Gasteiger partial charge in [-0.15, -0.1) is 0 Å². The van der Waals surface area contributed by atoms with E-state index in [4.69, 9.17) is 11.6 Å². The third-order valence-corrected chi connectivity index (χ3v) is 3.72. The largest absolute Gasteiger partial charge is 0.353 e. The molecular weight excluding hydrogens is 234 g/mol. The van der Waals surface area contributed by atoms with Gasteiger partial charge in [-0.2, -0.15) is 0 Å². The van der Waals surface area contributed by atoms with Crippen molar-refractivity contribution in [3.05, 3.63) is 34.9 Å². The molecule has 1 aliphatic rings. The van der Waals surface area contributed by atoms with Crippen LogP contribution in [0.4, 0.5) is 0 Å². The average Bonchev–Trinajstić information content (AvgIpc) is 2.32. The van der Waals surface area contributed by atoms with Crippen LogP contribution in [0.25, 0.3) is 0 Å². The molecule has 1 N–H and O–H groups in total. The molecule has 0 bridgehead atoms. The Kier molecular flexibility index (Phi) is 4.06. The third-order valence-electron chi connectivity index (χ3n) is 3.47. The zero-order valence-corrected chi connectivity index (χ0v) is 10.8. The molecule has 1 amide bonds. The van der Waals surface area contributed by atoms with Crippen LogP contribution in [0.1, 0.15) is 31.7 Å². The number of hydrogen-bond donors (Lipinski definition) is 1. The number of nitrogens with one attached hydrogen (secondary N) is 1. The molecule has 1 aromatic carbocycles. The number of hydrogen-bond acceptors (Lipinski definition) is 1. The number of piperidine rings is 1. The van der Waals surface area contributed by atoms with Gasteiger partial charge in [-0.25, -0.2) is 0 Å². The third kappa shape index (κ3) is 3.22. The summed E-state index contributed by atoms with van der Waals surface area (Å²) in [6.07, 6.45) is 3.94. The molecule has 0 spiro atoms. The van der Waals surface area contributed by atoms with Crippen molar-refractivity contribution in [3.63, 3.8) is 0 Å². The Labute approximate surface area is 107 Å². The Bertz CT molecular complexity index is 388. The minimum Gasteiger partial charge on any atom is -0.353 e. The SMILES string of the molecule is CC[C@@H]1CC[C@H](Cc2ccc(Cl)cc2)NC1=O. The van der Waals surface area contributed by atoms with Crippen LogP contribution in [0.5, 0.6) is 0 Å². The predicted octanol–water partition coefficient (Wildman–Crippen LogP) is 3.19. The molecule has 0 aromatic heterocycles. The molecule has 2 atom stereocenters. The van der Waals surface area contributed by atoms with Crippen LogP contribution in [0, 0.1) is 5.92 Å². The summed E-state index contributed by atoms with van der Waals surface area (Å²) in [5.41, 5.74) is 1.23. The van der Waals surface area contributed by atoms with Crippen molar-refractivity contribution in [2.45, 2.75) is 38.6 Å². The summed E-state index contributed by atoms with van der Waals surface area (Å²) in [5, 5.41) is 3.87. The Morgan fingerprint density at radius 1 is 1.29 bits per heavy atom. The summed E-state index contributed by atoms with van der Waals surface area (Å²) in [6.45, 7) is 2.07. The molecule has 1 fully saturated rings. The van der Waals surface area contributed by atoms with E-state index < -0.39 is 0 Å². The molecule has 2 rings (SSSR count). The Morgan fingerprint density at radius 3 is 2.59 bits per heavy atom. The summed E-state index contributed by atoms with van der Waals surface area (Å²) in [4.78, 5) is 11.7. The van der Waals surface area contributed by atoms with Gasteiger partial charge in [0.05, 0.1) is 0 Å². The summed E-state index contributed by atoms with van der Waals surface area (Å²) >= 11 is 5.85. The van der Waals surface area contributed by atoms with Crippen LogP contribution in [0.3, 0.4) is 0 Å². The molecule has 0 saturated carbocycles. The molecule has 92 valence electrons. The molecule has 3 heteroatoms. The van der Waals surface area contributed by atoms with Gasteiger partial charge < -0.3 is 5.32 Å². The molecule has 0 aliphatic carbocycles. The van der Waals surface area contributed by atoms with Gasteiger partial charge in [0.15, 0.2) is 0 Å². The first kappa shape index (κ1) is 12.4. The molecule has 1 aliphatic heterocycles. The predicted molar refractivity (Wildman–Crippen MR) is 70.1 cm³/mol. The minimum absolute atomic E-state index is 0.219. The highest BCUT2D eigenvalue weighted by Crippen LogP contribution is 2.21. The minimum atomic E-state index is 0.219. The van der Waals surface area contributed by atoms with E-state index in [9.17, 15) is 4.79 Å². The monoisotopic (exact) mass is 251 g/mol. The van der Waals surface area contributed by atoms with E-state index in [-0.39, 0.29) is 17.9 Å². The van der Waals surface area contributed by atoms with Crippen molar-refractivity contribution in [2.75, 3.05) is 0 Å². The molecule has 0 radical (unpaired) electrons. The number of halogens is 1. The van der Waals surface area contributed by atoms with E-state index in [0.717, 1.165) is 30.7 Å². The highest BCUT2D eigenvalue weighted by atomic mass is 35.5. The van der Waals surface area contributed by atoms with Crippen LogP contribution in [-0.4, -0.2) is 11.9 Å². The van der Waals surface area contributed by atoms with Crippen molar-refractivity contribution in [1.29, 1.82) is 0 Å². The number of benzene rings is 1. The highest BCUT2D eigenvalue weighted by molar-refractivity contribution is 6.30. The normalized spacial score (nSPS) is 24.5. The summed E-state index contributed by atoms with van der Waals surface area (Å²) in [7, 11) is 0. The second-order valence-electron chi connectivity index (χ2n) is 4.72. The lowest BCUT2D eigenvalue weighted by Crippen LogP contribution is -2.44. The first-order chi connectivity index (χ1) is 8.19. The van der Waals surface area contributed by atoms with Crippen molar-refractivity contribution in [2.24, 2.45) is 5.92 Å². The smallest absolute Gasteiger partial charge is 0.223 e. The lowest BCUT2D eigenvalue weighted by molar-refractivity contribution is -0.127. The van der Waals surface area contributed by atoms with Crippen LogP contribution in [-0.2, 0) is 11.2 Å². The van der Waals surface area contributed by atoms with Crippen LogP contribution in [0.2, 0.25) is 5.02 Å². The van der Waals surface area contributed by atoms with Crippen LogP contribution < -0.4 is 5.32 Å². The quantitative estimate of drug-likeness (QED) is 0.878. The van der Waals surface area contributed by atoms with Gasteiger partial charge in [-0.1, -0.05) is 30.7 Å². The zero-order chi connectivity index (χ0) is 12.3. The molecule has 1 heterocycles.